The number of nitrogens with one attached hydrogen (secondary N) is 1. The number of hydrogen-bond acceptors (Lipinski definition) is 6. The SMILES string of the molecule is CN(CC(=O)Nc1ccc(N2CCOCC2)cc1)C(=O)c1cc(Cl)c2c(c1)OCCCO2. The first-order valence-corrected chi connectivity index (χ1v) is 11.0. The molecule has 1 N–H and O–H groups in total. The highest BCUT2D eigenvalue weighted by atomic mass is 35.5. The van der Waals surface area contributed by atoms with E-state index in [1.165, 1.54) is 11.0 Å². The van der Waals surface area contributed by atoms with Crippen LogP contribution in [0.1, 0.15) is 16.8 Å². The molecule has 2 heterocycles. The normalized spacial score (nSPS) is 15.6. The number of likely N-dealkylation sites (N-methyl/N-ethyl adjacent to an activating group) is 1. The van der Waals surface area contributed by atoms with Crippen molar-refractivity contribution in [3.05, 3.63) is 47.0 Å². The van der Waals surface area contributed by atoms with Gasteiger partial charge in [-0.25, -0.2) is 0 Å². The van der Waals surface area contributed by atoms with Gasteiger partial charge in [-0.15, -0.1) is 0 Å². The number of halogens is 1. The zero-order valence-electron chi connectivity index (χ0n) is 17.9. The minimum atomic E-state index is -0.333. The molecule has 2 aliphatic rings. The van der Waals surface area contributed by atoms with Gasteiger partial charge in [0.15, 0.2) is 11.5 Å². The quantitative estimate of drug-likeness (QED) is 0.740. The van der Waals surface area contributed by atoms with E-state index in [9.17, 15) is 9.59 Å². The van der Waals surface area contributed by atoms with Crippen molar-refractivity contribution in [2.24, 2.45) is 0 Å². The van der Waals surface area contributed by atoms with Gasteiger partial charge in [0.25, 0.3) is 5.91 Å². The Morgan fingerprint density at radius 2 is 1.78 bits per heavy atom. The molecule has 1 saturated heterocycles. The predicted molar refractivity (Wildman–Crippen MR) is 122 cm³/mol. The smallest absolute Gasteiger partial charge is 0.254 e. The second kappa shape index (κ2) is 10.1. The monoisotopic (exact) mass is 459 g/mol. The third-order valence-corrected chi connectivity index (χ3v) is 5.58. The summed E-state index contributed by atoms with van der Waals surface area (Å²) in [4.78, 5) is 28.9. The number of carbonyl (C=O) groups excluding carboxylic acids is 2. The lowest BCUT2D eigenvalue weighted by atomic mass is 10.1. The lowest BCUT2D eigenvalue weighted by molar-refractivity contribution is -0.116. The third kappa shape index (κ3) is 5.26. The van der Waals surface area contributed by atoms with Crippen molar-refractivity contribution < 1.29 is 23.8 Å². The molecule has 0 bridgehead atoms. The van der Waals surface area contributed by atoms with Crippen LogP contribution in [0.2, 0.25) is 5.02 Å². The van der Waals surface area contributed by atoms with E-state index in [1.807, 2.05) is 24.3 Å². The Hall–Kier alpha value is -2.97. The van der Waals surface area contributed by atoms with Gasteiger partial charge in [0.2, 0.25) is 5.91 Å². The predicted octanol–water partition coefficient (Wildman–Crippen LogP) is 3.05. The number of carbonyl (C=O) groups is 2. The molecular weight excluding hydrogens is 434 g/mol. The van der Waals surface area contributed by atoms with Crippen LogP contribution >= 0.6 is 11.6 Å². The summed E-state index contributed by atoms with van der Waals surface area (Å²) in [7, 11) is 1.57. The fourth-order valence-corrected chi connectivity index (χ4v) is 3.90. The summed E-state index contributed by atoms with van der Waals surface area (Å²) < 4.78 is 16.6. The Bertz CT molecular complexity index is 976. The van der Waals surface area contributed by atoms with E-state index >= 15 is 0 Å². The van der Waals surface area contributed by atoms with Crippen LogP contribution in [0.25, 0.3) is 0 Å². The van der Waals surface area contributed by atoms with E-state index in [4.69, 9.17) is 25.8 Å². The summed E-state index contributed by atoms with van der Waals surface area (Å²) >= 11 is 6.29. The molecule has 2 aromatic rings. The minimum absolute atomic E-state index is 0.101. The maximum atomic E-state index is 12.9. The molecular formula is C23H26ClN3O5. The van der Waals surface area contributed by atoms with Gasteiger partial charge >= 0.3 is 0 Å². The van der Waals surface area contributed by atoms with E-state index < -0.39 is 0 Å². The molecule has 4 rings (SSSR count). The zero-order chi connectivity index (χ0) is 22.5. The molecule has 1 fully saturated rings. The standard InChI is InChI=1S/C23H26ClN3O5/c1-26(23(29)16-13-19(24)22-20(14-16)31-9-2-10-32-22)15-21(28)25-17-3-5-18(6-4-17)27-7-11-30-12-8-27/h3-6,13-14H,2,7-12,15H2,1H3,(H,25,28). The zero-order valence-corrected chi connectivity index (χ0v) is 18.7. The lowest BCUT2D eigenvalue weighted by Crippen LogP contribution is -2.36. The van der Waals surface area contributed by atoms with Gasteiger partial charge in [-0.05, 0) is 36.4 Å². The summed E-state index contributed by atoms with van der Waals surface area (Å²) in [5.41, 5.74) is 2.10. The largest absolute Gasteiger partial charge is 0.489 e. The average Bonchev–Trinajstić information content (AvgIpc) is 3.05. The molecule has 0 radical (unpaired) electrons. The lowest BCUT2D eigenvalue weighted by Gasteiger charge is -2.28. The first-order chi connectivity index (χ1) is 15.5. The van der Waals surface area contributed by atoms with Crippen LogP contribution in [-0.4, -0.2) is 69.8 Å². The minimum Gasteiger partial charge on any atom is -0.489 e. The van der Waals surface area contributed by atoms with Gasteiger partial charge in [-0.1, -0.05) is 11.6 Å². The Labute approximate surface area is 192 Å². The Kier molecular flexibility index (Phi) is 7.02. The number of nitrogens with zero attached hydrogens (tertiary/aromatic N) is 2. The molecule has 0 spiro atoms. The molecule has 9 heteroatoms. The second-order valence-corrected chi connectivity index (χ2v) is 8.10. The topological polar surface area (TPSA) is 80.3 Å². The van der Waals surface area contributed by atoms with Crippen molar-refractivity contribution in [1.82, 2.24) is 4.90 Å². The summed E-state index contributed by atoms with van der Waals surface area (Å²) in [6.07, 6.45) is 0.738. The van der Waals surface area contributed by atoms with E-state index in [0.29, 0.717) is 54.2 Å². The molecule has 2 amide bonds. The van der Waals surface area contributed by atoms with Crippen molar-refractivity contribution in [1.29, 1.82) is 0 Å². The van der Waals surface area contributed by atoms with Crippen LogP contribution in [0.4, 0.5) is 11.4 Å². The number of ether oxygens (including phenoxy) is 3. The molecule has 0 unspecified atom stereocenters. The number of amides is 2. The first-order valence-electron chi connectivity index (χ1n) is 10.6. The number of rotatable bonds is 5. The fraction of sp³-hybridized carbons (Fsp3) is 0.391. The molecule has 0 aliphatic carbocycles. The Balaban J connectivity index is 1.35. The Morgan fingerprint density at radius 1 is 1.06 bits per heavy atom. The van der Waals surface area contributed by atoms with Gasteiger partial charge in [0.05, 0.1) is 38.0 Å². The summed E-state index contributed by atoms with van der Waals surface area (Å²) in [6.45, 7) is 4.03. The number of benzene rings is 2. The number of anilines is 2. The van der Waals surface area contributed by atoms with Crippen molar-refractivity contribution in [3.63, 3.8) is 0 Å². The summed E-state index contributed by atoms with van der Waals surface area (Å²) in [6, 6.07) is 10.8. The molecule has 0 atom stereocenters. The van der Waals surface area contributed by atoms with Gasteiger partial charge < -0.3 is 29.3 Å². The van der Waals surface area contributed by atoms with Crippen molar-refractivity contribution in [3.8, 4) is 11.5 Å². The molecule has 0 saturated carbocycles. The Morgan fingerprint density at radius 3 is 2.53 bits per heavy atom. The molecule has 0 aromatic heterocycles. The van der Waals surface area contributed by atoms with Crippen LogP contribution in [0.15, 0.2) is 36.4 Å². The highest BCUT2D eigenvalue weighted by molar-refractivity contribution is 6.32. The third-order valence-electron chi connectivity index (χ3n) is 5.30. The molecule has 170 valence electrons. The molecule has 2 aliphatic heterocycles. The van der Waals surface area contributed by atoms with Gasteiger partial charge in [-0.2, -0.15) is 0 Å². The van der Waals surface area contributed by atoms with Crippen molar-refractivity contribution >= 4 is 34.8 Å². The van der Waals surface area contributed by atoms with Crippen LogP contribution in [0, 0.1) is 0 Å². The van der Waals surface area contributed by atoms with Crippen LogP contribution in [-0.2, 0) is 9.53 Å². The van der Waals surface area contributed by atoms with Crippen LogP contribution < -0.4 is 19.7 Å². The highest BCUT2D eigenvalue weighted by Crippen LogP contribution is 2.38. The highest BCUT2D eigenvalue weighted by Gasteiger charge is 2.21. The maximum absolute atomic E-state index is 12.9. The van der Waals surface area contributed by atoms with Crippen molar-refractivity contribution in [2.45, 2.75) is 6.42 Å². The van der Waals surface area contributed by atoms with Gasteiger partial charge in [0.1, 0.15) is 0 Å². The number of morpholine rings is 1. The van der Waals surface area contributed by atoms with E-state index in [0.717, 1.165) is 25.2 Å². The van der Waals surface area contributed by atoms with E-state index in [1.54, 1.807) is 13.1 Å². The first kappa shape index (κ1) is 22.2. The van der Waals surface area contributed by atoms with Crippen LogP contribution in [0.3, 0.4) is 0 Å². The van der Waals surface area contributed by atoms with Gasteiger partial charge in [-0.3, -0.25) is 9.59 Å². The second-order valence-electron chi connectivity index (χ2n) is 7.69. The summed E-state index contributed by atoms with van der Waals surface area (Å²) in [5, 5.41) is 3.14. The van der Waals surface area contributed by atoms with Gasteiger partial charge in [0, 0.05) is 43.5 Å². The molecule has 2 aromatic carbocycles. The van der Waals surface area contributed by atoms with Crippen molar-refractivity contribution in [2.75, 3.05) is 63.3 Å². The van der Waals surface area contributed by atoms with Crippen LogP contribution in [0.5, 0.6) is 11.5 Å². The van der Waals surface area contributed by atoms with E-state index in [-0.39, 0.29) is 18.4 Å². The summed E-state index contributed by atoms with van der Waals surface area (Å²) in [5.74, 6) is 0.263. The maximum Gasteiger partial charge on any atom is 0.254 e. The molecule has 32 heavy (non-hydrogen) atoms. The number of hydrogen-bond donors (Lipinski definition) is 1. The molecule has 8 nitrogen and oxygen atoms in total. The fourth-order valence-electron chi connectivity index (χ4n) is 3.64. The average molecular weight is 460 g/mol. The number of fused-ring (bicyclic) bond motifs is 1. The van der Waals surface area contributed by atoms with E-state index in [2.05, 4.69) is 10.2 Å².